The SMILES string of the molecule is Cc1ccc(NC(=O)CSc2nccn(-c3cccc(Cl)c3)c2=O)cc1. The molecule has 0 aliphatic rings. The van der Waals surface area contributed by atoms with E-state index in [9.17, 15) is 9.59 Å². The van der Waals surface area contributed by atoms with E-state index in [1.165, 1.54) is 10.8 Å². The molecule has 1 amide bonds. The van der Waals surface area contributed by atoms with Crippen LogP contribution in [0.5, 0.6) is 0 Å². The molecule has 0 bridgehead atoms. The minimum absolute atomic E-state index is 0.0929. The molecule has 3 aromatic rings. The minimum atomic E-state index is -0.289. The molecule has 132 valence electrons. The molecule has 5 nitrogen and oxygen atoms in total. The number of hydrogen-bond acceptors (Lipinski definition) is 4. The molecule has 0 atom stereocenters. The minimum Gasteiger partial charge on any atom is -0.325 e. The van der Waals surface area contributed by atoms with Crippen molar-refractivity contribution in [3.05, 3.63) is 81.9 Å². The summed E-state index contributed by atoms with van der Waals surface area (Å²) in [5, 5.41) is 3.59. The lowest BCUT2D eigenvalue weighted by Gasteiger charge is -2.08. The van der Waals surface area contributed by atoms with Gasteiger partial charge in [-0.2, -0.15) is 0 Å². The molecule has 0 aliphatic carbocycles. The zero-order valence-corrected chi connectivity index (χ0v) is 15.6. The molecule has 0 saturated heterocycles. The summed E-state index contributed by atoms with van der Waals surface area (Å²) in [4.78, 5) is 28.8. The maximum absolute atomic E-state index is 12.6. The number of aryl methyl sites for hydroxylation is 1. The lowest BCUT2D eigenvalue weighted by molar-refractivity contribution is -0.113. The first-order valence-corrected chi connectivity index (χ1v) is 9.22. The van der Waals surface area contributed by atoms with Crippen LogP contribution in [0.3, 0.4) is 0 Å². The number of nitrogens with one attached hydrogen (secondary N) is 1. The van der Waals surface area contributed by atoms with Crippen LogP contribution in [0.15, 0.2) is 70.7 Å². The van der Waals surface area contributed by atoms with Gasteiger partial charge in [-0.15, -0.1) is 0 Å². The maximum Gasteiger partial charge on any atom is 0.287 e. The second-order valence-electron chi connectivity index (χ2n) is 5.59. The van der Waals surface area contributed by atoms with Crippen molar-refractivity contribution in [1.29, 1.82) is 0 Å². The fourth-order valence-corrected chi connectivity index (χ4v) is 3.17. The van der Waals surface area contributed by atoms with E-state index in [1.807, 2.05) is 31.2 Å². The number of rotatable bonds is 5. The first-order chi connectivity index (χ1) is 12.5. The van der Waals surface area contributed by atoms with Crippen molar-refractivity contribution in [3.8, 4) is 5.69 Å². The molecule has 3 rings (SSSR count). The topological polar surface area (TPSA) is 64.0 Å². The molecule has 1 heterocycles. The molecule has 1 N–H and O–H groups in total. The Labute approximate surface area is 160 Å². The second-order valence-corrected chi connectivity index (χ2v) is 6.99. The first kappa shape index (κ1) is 18.2. The Morgan fingerprint density at radius 1 is 1.23 bits per heavy atom. The van der Waals surface area contributed by atoms with Crippen LogP contribution in [0.25, 0.3) is 5.69 Å². The summed E-state index contributed by atoms with van der Waals surface area (Å²) in [6.07, 6.45) is 3.10. The van der Waals surface area contributed by atoms with Gasteiger partial charge in [0.05, 0.1) is 11.4 Å². The number of halogens is 1. The number of hydrogen-bond donors (Lipinski definition) is 1. The van der Waals surface area contributed by atoms with Crippen LogP contribution in [-0.4, -0.2) is 21.2 Å². The number of carbonyl (C=O) groups is 1. The monoisotopic (exact) mass is 385 g/mol. The quantitative estimate of drug-likeness (QED) is 0.676. The van der Waals surface area contributed by atoms with Crippen molar-refractivity contribution in [1.82, 2.24) is 9.55 Å². The summed E-state index contributed by atoms with van der Waals surface area (Å²) >= 11 is 7.09. The lowest BCUT2D eigenvalue weighted by Crippen LogP contribution is -2.22. The third kappa shape index (κ3) is 4.53. The summed E-state index contributed by atoms with van der Waals surface area (Å²) < 4.78 is 1.46. The highest BCUT2D eigenvalue weighted by Gasteiger charge is 2.10. The Kier molecular flexibility index (Phi) is 5.75. The van der Waals surface area contributed by atoms with Crippen molar-refractivity contribution < 1.29 is 4.79 Å². The second kappa shape index (κ2) is 8.21. The van der Waals surface area contributed by atoms with Crippen molar-refractivity contribution in [2.75, 3.05) is 11.1 Å². The highest BCUT2D eigenvalue weighted by Crippen LogP contribution is 2.16. The van der Waals surface area contributed by atoms with Gasteiger partial charge in [0.15, 0.2) is 5.03 Å². The van der Waals surface area contributed by atoms with Gasteiger partial charge in [-0.05, 0) is 37.3 Å². The molecule has 0 unspecified atom stereocenters. The van der Waals surface area contributed by atoms with Gasteiger partial charge in [0.2, 0.25) is 5.91 Å². The van der Waals surface area contributed by atoms with Gasteiger partial charge in [0, 0.05) is 23.1 Å². The molecule has 0 spiro atoms. The van der Waals surface area contributed by atoms with Gasteiger partial charge in [0.1, 0.15) is 0 Å². The van der Waals surface area contributed by atoms with Gasteiger partial charge in [-0.3, -0.25) is 14.2 Å². The zero-order valence-electron chi connectivity index (χ0n) is 14.0. The van der Waals surface area contributed by atoms with Crippen molar-refractivity contribution in [3.63, 3.8) is 0 Å². The summed E-state index contributed by atoms with van der Waals surface area (Å²) in [5.41, 5.74) is 2.20. The van der Waals surface area contributed by atoms with E-state index in [2.05, 4.69) is 10.3 Å². The summed E-state index contributed by atoms with van der Waals surface area (Å²) in [5.74, 6) is -0.103. The van der Waals surface area contributed by atoms with E-state index in [-0.39, 0.29) is 22.2 Å². The highest BCUT2D eigenvalue weighted by atomic mass is 35.5. The predicted molar refractivity (Wildman–Crippen MR) is 105 cm³/mol. The standard InChI is InChI=1S/C19H16ClN3O2S/c1-13-5-7-15(8-6-13)22-17(24)12-26-18-19(25)23(10-9-21-18)16-4-2-3-14(20)11-16/h2-11H,12H2,1H3,(H,22,24). The van der Waals surface area contributed by atoms with Crippen LogP contribution >= 0.6 is 23.4 Å². The van der Waals surface area contributed by atoms with Gasteiger partial charge < -0.3 is 5.32 Å². The molecule has 0 aliphatic heterocycles. The smallest absolute Gasteiger partial charge is 0.287 e. The van der Waals surface area contributed by atoms with E-state index in [0.29, 0.717) is 10.7 Å². The van der Waals surface area contributed by atoms with E-state index >= 15 is 0 Å². The van der Waals surface area contributed by atoms with E-state index in [0.717, 1.165) is 23.0 Å². The Morgan fingerprint density at radius 3 is 2.73 bits per heavy atom. The van der Waals surface area contributed by atoms with Crippen LogP contribution in [0.1, 0.15) is 5.56 Å². The van der Waals surface area contributed by atoms with Gasteiger partial charge in [-0.1, -0.05) is 47.1 Å². The number of nitrogens with zero attached hydrogens (tertiary/aromatic N) is 2. The van der Waals surface area contributed by atoms with Crippen LogP contribution in [-0.2, 0) is 4.79 Å². The van der Waals surface area contributed by atoms with Gasteiger partial charge in [-0.25, -0.2) is 4.98 Å². The number of anilines is 1. The predicted octanol–water partition coefficient (Wildman–Crippen LogP) is 3.93. The molecule has 1 aromatic heterocycles. The van der Waals surface area contributed by atoms with Crippen LogP contribution in [0.4, 0.5) is 5.69 Å². The summed E-state index contributed by atoms with van der Waals surface area (Å²) in [7, 11) is 0. The average molecular weight is 386 g/mol. The number of benzene rings is 2. The van der Waals surface area contributed by atoms with Crippen molar-refractivity contribution in [2.45, 2.75) is 11.9 Å². The van der Waals surface area contributed by atoms with E-state index < -0.39 is 0 Å². The Bertz CT molecular complexity index is 987. The number of amides is 1. The molecule has 7 heteroatoms. The summed E-state index contributed by atoms with van der Waals surface area (Å²) in [6.45, 7) is 1.98. The number of carbonyl (C=O) groups excluding carboxylic acids is 1. The Hall–Kier alpha value is -2.57. The van der Waals surface area contributed by atoms with E-state index in [4.69, 9.17) is 11.6 Å². The third-order valence-corrected chi connectivity index (χ3v) is 4.77. The number of aromatic nitrogens is 2. The third-order valence-electron chi connectivity index (χ3n) is 3.57. The molecule has 0 radical (unpaired) electrons. The molecule has 2 aromatic carbocycles. The Morgan fingerprint density at radius 2 is 2.00 bits per heavy atom. The molecular formula is C19H16ClN3O2S. The molecular weight excluding hydrogens is 370 g/mol. The van der Waals surface area contributed by atoms with E-state index in [1.54, 1.807) is 30.5 Å². The fraction of sp³-hybridized carbons (Fsp3) is 0.105. The lowest BCUT2D eigenvalue weighted by atomic mass is 10.2. The van der Waals surface area contributed by atoms with Crippen LogP contribution in [0.2, 0.25) is 5.02 Å². The maximum atomic E-state index is 12.6. The highest BCUT2D eigenvalue weighted by molar-refractivity contribution is 7.99. The first-order valence-electron chi connectivity index (χ1n) is 7.86. The fourth-order valence-electron chi connectivity index (χ4n) is 2.29. The summed E-state index contributed by atoms with van der Waals surface area (Å²) in [6, 6.07) is 14.5. The Balaban J connectivity index is 1.70. The van der Waals surface area contributed by atoms with Gasteiger partial charge >= 0.3 is 0 Å². The molecule has 0 saturated carbocycles. The average Bonchev–Trinajstić information content (AvgIpc) is 2.63. The molecule has 26 heavy (non-hydrogen) atoms. The number of thioether (sulfide) groups is 1. The normalized spacial score (nSPS) is 10.5. The van der Waals surface area contributed by atoms with Crippen LogP contribution in [0, 0.1) is 6.92 Å². The van der Waals surface area contributed by atoms with Crippen LogP contribution < -0.4 is 10.9 Å². The zero-order chi connectivity index (χ0) is 18.5. The largest absolute Gasteiger partial charge is 0.325 e. The molecule has 0 fully saturated rings. The van der Waals surface area contributed by atoms with Crippen molar-refractivity contribution >= 4 is 35.0 Å². The van der Waals surface area contributed by atoms with Crippen molar-refractivity contribution in [2.24, 2.45) is 0 Å². The van der Waals surface area contributed by atoms with Gasteiger partial charge in [0.25, 0.3) is 5.56 Å².